The number of pyridine rings is 2. The van der Waals surface area contributed by atoms with Gasteiger partial charge in [0.2, 0.25) is 0 Å². The smallest absolute Gasteiger partial charge is 0.101 e. The highest BCUT2D eigenvalue weighted by atomic mass is 15.3. The Balaban J connectivity index is 1.09. The lowest BCUT2D eigenvalue weighted by molar-refractivity contribution is 0.918. The monoisotopic (exact) mass is 726 g/mol. The molecule has 0 fully saturated rings. The van der Waals surface area contributed by atoms with E-state index < -0.39 is 0 Å². The second-order valence-electron chi connectivity index (χ2n) is 14.5. The van der Waals surface area contributed by atoms with Gasteiger partial charge in [0.15, 0.2) is 0 Å². The van der Waals surface area contributed by atoms with Crippen LogP contribution in [-0.4, -0.2) is 19.7 Å². The molecule has 0 atom stereocenters. The number of para-hydroxylation sites is 1. The van der Waals surface area contributed by atoms with Crippen molar-refractivity contribution in [2.45, 2.75) is 0 Å². The fourth-order valence-electron chi connectivity index (χ4n) is 8.17. The first-order chi connectivity index (χ1) is 28.2. The molecule has 57 heavy (non-hydrogen) atoms. The van der Waals surface area contributed by atoms with Gasteiger partial charge in [-0.2, -0.15) is 5.10 Å². The van der Waals surface area contributed by atoms with Crippen LogP contribution in [0.25, 0.3) is 105 Å². The minimum atomic E-state index is 0.902. The summed E-state index contributed by atoms with van der Waals surface area (Å²) in [6.07, 6.45) is 0. The third kappa shape index (κ3) is 5.74. The van der Waals surface area contributed by atoms with Crippen molar-refractivity contribution in [3.05, 3.63) is 206 Å². The van der Waals surface area contributed by atoms with E-state index in [9.17, 15) is 0 Å². The summed E-state index contributed by atoms with van der Waals surface area (Å²) in [4.78, 5) is 10.4. The quantitative estimate of drug-likeness (QED) is 0.160. The molecule has 3 aromatic heterocycles. The number of nitrogens with zero attached hydrogens (tertiary/aromatic N) is 4. The van der Waals surface area contributed by atoms with Gasteiger partial charge < -0.3 is 0 Å². The number of hydrogen-bond acceptors (Lipinski definition) is 3. The zero-order chi connectivity index (χ0) is 37.7. The van der Waals surface area contributed by atoms with Crippen molar-refractivity contribution in [1.82, 2.24) is 19.7 Å². The predicted molar refractivity (Wildman–Crippen MR) is 236 cm³/mol. The summed E-state index contributed by atoms with van der Waals surface area (Å²) in [5.74, 6) is 0. The topological polar surface area (TPSA) is 43.6 Å². The van der Waals surface area contributed by atoms with Crippen molar-refractivity contribution in [1.29, 1.82) is 0 Å². The Hall–Kier alpha value is -7.69. The lowest BCUT2D eigenvalue weighted by atomic mass is 9.92. The van der Waals surface area contributed by atoms with Crippen LogP contribution in [0, 0.1) is 0 Å². The molecule has 0 N–H and O–H groups in total. The maximum absolute atomic E-state index is 5.39. The van der Waals surface area contributed by atoms with Crippen molar-refractivity contribution < 1.29 is 0 Å². The first kappa shape index (κ1) is 32.7. The van der Waals surface area contributed by atoms with Gasteiger partial charge in [-0.1, -0.05) is 164 Å². The van der Waals surface area contributed by atoms with Crippen LogP contribution in [0.2, 0.25) is 0 Å². The van der Waals surface area contributed by atoms with Crippen LogP contribution in [0.1, 0.15) is 0 Å². The van der Waals surface area contributed by atoms with Gasteiger partial charge in [-0.3, -0.25) is 0 Å². The number of hydrogen-bond donors (Lipinski definition) is 0. The standard InChI is InChI=1S/C53H34N4/c1-5-14-35(15-6-1)45-34-42-27-26-41(33-46(42)53-49(45)50(37-18-9-3-10-19-37)56-57(53)44-22-11-4-12-23-44)40-20-13-21-43(32-40)48-31-29-39-25-24-38-28-30-47(36-16-7-2-8-17-36)54-51(38)52(39)55-48/h1-34H. The molecule has 0 bridgehead atoms. The highest BCUT2D eigenvalue weighted by molar-refractivity contribution is 6.18. The molecular formula is C53H34N4. The van der Waals surface area contributed by atoms with E-state index in [4.69, 9.17) is 15.1 Å². The third-order valence-electron chi connectivity index (χ3n) is 11.0. The van der Waals surface area contributed by atoms with Gasteiger partial charge in [0.05, 0.1) is 33.6 Å². The van der Waals surface area contributed by atoms with Crippen molar-refractivity contribution in [3.63, 3.8) is 0 Å². The van der Waals surface area contributed by atoms with E-state index in [0.29, 0.717) is 0 Å². The number of fused-ring (bicyclic) bond motifs is 6. The summed E-state index contributed by atoms with van der Waals surface area (Å²) < 4.78 is 2.13. The Morgan fingerprint density at radius 2 is 0.860 bits per heavy atom. The summed E-state index contributed by atoms with van der Waals surface area (Å²) in [7, 11) is 0. The molecule has 0 saturated carbocycles. The van der Waals surface area contributed by atoms with Crippen LogP contribution in [0.5, 0.6) is 0 Å². The Morgan fingerprint density at radius 3 is 1.53 bits per heavy atom. The average Bonchev–Trinajstić information content (AvgIpc) is 3.71. The average molecular weight is 727 g/mol. The predicted octanol–water partition coefficient (Wildman–Crippen LogP) is 13.6. The molecule has 0 spiro atoms. The van der Waals surface area contributed by atoms with Gasteiger partial charge in [0, 0.05) is 38.2 Å². The second kappa shape index (κ2) is 13.6. The van der Waals surface area contributed by atoms with E-state index in [2.05, 4.69) is 193 Å². The van der Waals surface area contributed by atoms with Crippen molar-refractivity contribution >= 4 is 43.5 Å². The summed E-state index contributed by atoms with van der Waals surface area (Å²) >= 11 is 0. The molecule has 11 aromatic rings. The normalized spacial score (nSPS) is 11.5. The maximum atomic E-state index is 5.39. The van der Waals surface area contributed by atoms with Crippen LogP contribution in [0.15, 0.2) is 206 Å². The zero-order valence-electron chi connectivity index (χ0n) is 30.9. The molecule has 8 aromatic carbocycles. The Morgan fingerprint density at radius 1 is 0.351 bits per heavy atom. The van der Waals surface area contributed by atoms with E-state index in [1.165, 1.54) is 0 Å². The van der Waals surface area contributed by atoms with Crippen LogP contribution in [0.3, 0.4) is 0 Å². The van der Waals surface area contributed by atoms with Gasteiger partial charge in [-0.15, -0.1) is 0 Å². The number of rotatable bonds is 6. The molecule has 4 nitrogen and oxygen atoms in total. The van der Waals surface area contributed by atoms with Gasteiger partial charge in [-0.05, 0) is 70.1 Å². The first-order valence-corrected chi connectivity index (χ1v) is 19.3. The Labute approximate surface area is 330 Å². The minimum Gasteiger partial charge on any atom is -0.245 e. The largest absolute Gasteiger partial charge is 0.245 e. The molecule has 3 heterocycles. The summed E-state index contributed by atoms with van der Waals surface area (Å²) in [5.41, 5.74) is 14.5. The van der Waals surface area contributed by atoms with E-state index >= 15 is 0 Å². The minimum absolute atomic E-state index is 0.902. The fourth-order valence-corrected chi connectivity index (χ4v) is 8.17. The van der Waals surface area contributed by atoms with Crippen LogP contribution < -0.4 is 0 Å². The van der Waals surface area contributed by atoms with Crippen molar-refractivity contribution in [2.24, 2.45) is 0 Å². The van der Waals surface area contributed by atoms with Gasteiger partial charge in [-0.25, -0.2) is 14.6 Å². The van der Waals surface area contributed by atoms with Crippen LogP contribution in [-0.2, 0) is 0 Å². The third-order valence-corrected chi connectivity index (χ3v) is 11.0. The van der Waals surface area contributed by atoms with E-state index in [1.807, 2.05) is 18.2 Å². The summed E-state index contributed by atoms with van der Waals surface area (Å²) in [6, 6.07) is 72.7. The first-order valence-electron chi connectivity index (χ1n) is 19.3. The SMILES string of the molecule is c1ccc(-c2ccc3ccc4ccc(-c5cccc(-c6ccc7cc(-c8ccccc8)c8c(-c9ccccc9)nn(-c9ccccc9)c8c7c6)c5)nc4c3n2)cc1. The molecule has 11 rings (SSSR count). The number of benzene rings is 8. The lowest BCUT2D eigenvalue weighted by Gasteiger charge is -2.13. The fraction of sp³-hybridized carbons (Fsp3) is 0. The Kier molecular flexibility index (Phi) is 7.78. The van der Waals surface area contributed by atoms with Crippen LogP contribution in [0.4, 0.5) is 0 Å². The molecule has 0 saturated heterocycles. The van der Waals surface area contributed by atoms with Gasteiger partial charge in [0.1, 0.15) is 5.69 Å². The van der Waals surface area contributed by atoms with Crippen molar-refractivity contribution in [2.75, 3.05) is 0 Å². The van der Waals surface area contributed by atoms with E-state index in [-0.39, 0.29) is 0 Å². The summed E-state index contributed by atoms with van der Waals surface area (Å²) in [6.45, 7) is 0. The summed E-state index contributed by atoms with van der Waals surface area (Å²) in [5, 5.41) is 11.0. The molecule has 0 aliphatic rings. The molecule has 0 aliphatic carbocycles. The molecule has 0 aliphatic heterocycles. The van der Waals surface area contributed by atoms with Crippen molar-refractivity contribution in [3.8, 4) is 61.7 Å². The Bertz CT molecular complexity index is 3260. The van der Waals surface area contributed by atoms with E-state index in [0.717, 1.165) is 105 Å². The molecule has 0 amide bonds. The van der Waals surface area contributed by atoms with Gasteiger partial charge in [0.25, 0.3) is 0 Å². The van der Waals surface area contributed by atoms with E-state index in [1.54, 1.807) is 0 Å². The second-order valence-corrected chi connectivity index (χ2v) is 14.5. The molecular weight excluding hydrogens is 693 g/mol. The zero-order valence-corrected chi connectivity index (χ0v) is 30.9. The molecule has 4 heteroatoms. The van der Waals surface area contributed by atoms with Gasteiger partial charge >= 0.3 is 0 Å². The lowest BCUT2D eigenvalue weighted by Crippen LogP contribution is -1.97. The number of aromatic nitrogens is 4. The highest BCUT2D eigenvalue weighted by Gasteiger charge is 2.21. The molecule has 266 valence electrons. The molecule has 0 radical (unpaired) electrons. The molecule has 0 unspecified atom stereocenters. The van der Waals surface area contributed by atoms with Crippen LogP contribution >= 0.6 is 0 Å². The maximum Gasteiger partial charge on any atom is 0.101 e. The highest BCUT2D eigenvalue weighted by Crippen LogP contribution is 2.43.